The summed E-state index contributed by atoms with van der Waals surface area (Å²) in [6.07, 6.45) is 2.98. The molecule has 100 valence electrons. The lowest BCUT2D eigenvalue weighted by Crippen LogP contribution is -2.47. The van der Waals surface area contributed by atoms with Crippen molar-refractivity contribution in [1.29, 1.82) is 0 Å². The van der Waals surface area contributed by atoms with Crippen molar-refractivity contribution >= 4 is 27.4 Å². The van der Waals surface area contributed by atoms with Crippen LogP contribution in [0.5, 0.6) is 0 Å². The van der Waals surface area contributed by atoms with Crippen LogP contribution in [0.25, 0.3) is 0 Å². The Hall–Kier alpha value is -0.810. The van der Waals surface area contributed by atoms with Crippen LogP contribution in [0.2, 0.25) is 0 Å². The molecule has 0 aromatic carbocycles. The van der Waals surface area contributed by atoms with Gasteiger partial charge in [0.15, 0.2) is 0 Å². The minimum atomic E-state index is 0.746. The van der Waals surface area contributed by atoms with Gasteiger partial charge in [-0.15, -0.1) is 0 Å². The van der Waals surface area contributed by atoms with Gasteiger partial charge in [0.25, 0.3) is 0 Å². The molecule has 2 heterocycles. The smallest absolute Gasteiger partial charge is 0.143 e. The quantitative estimate of drug-likeness (QED) is 0.930. The van der Waals surface area contributed by atoms with Gasteiger partial charge < -0.3 is 10.6 Å². The molecule has 1 fully saturated rings. The van der Waals surface area contributed by atoms with E-state index in [4.69, 9.17) is 5.73 Å². The van der Waals surface area contributed by atoms with E-state index in [-0.39, 0.29) is 0 Å². The van der Waals surface area contributed by atoms with Gasteiger partial charge in [-0.1, -0.05) is 6.92 Å². The largest absolute Gasteiger partial charge is 0.397 e. The van der Waals surface area contributed by atoms with E-state index in [1.165, 1.54) is 13.0 Å². The molecule has 1 aliphatic rings. The van der Waals surface area contributed by atoms with Crippen LogP contribution in [0.4, 0.5) is 11.5 Å². The number of nitrogen functional groups attached to an aromatic ring is 1. The van der Waals surface area contributed by atoms with Crippen molar-refractivity contribution in [3.63, 3.8) is 0 Å². The Labute approximate surface area is 117 Å². The zero-order chi connectivity index (χ0) is 13.1. The normalized spacial score (nSPS) is 17.2. The van der Waals surface area contributed by atoms with Crippen LogP contribution < -0.4 is 10.6 Å². The Morgan fingerprint density at radius 3 is 2.61 bits per heavy atom. The van der Waals surface area contributed by atoms with E-state index >= 15 is 0 Å². The first-order valence-electron chi connectivity index (χ1n) is 6.51. The van der Waals surface area contributed by atoms with Crippen molar-refractivity contribution in [2.45, 2.75) is 20.3 Å². The SMILES string of the molecule is CCCN1CCN(c2ncc(N)c(C)c2Br)CC1. The van der Waals surface area contributed by atoms with E-state index in [9.17, 15) is 0 Å². The number of anilines is 2. The number of rotatable bonds is 3. The number of piperazine rings is 1. The van der Waals surface area contributed by atoms with Crippen molar-refractivity contribution in [1.82, 2.24) is 9.88 Å². The molecular formula is C13H21BrN4. The van der Waals surface area contributed by atoms with E-state index in [1.54, 1.807) is 6.20 Å². The van der Waals surface area contributed by atoms with Gasteiger partial charge in [-0.2, -0.15) is 0 Å². The van der Waals surface area contributed by atoms with E-state index in [2.05, 4.69) is 37.6 Å². The van der Waals surface area contributed by atoms with Gasteiger partial charge >= 0.3 is 0 Å². The summed E-state index contributed by atoms with van der Waals surface area (Å²) < 4.78 is 1.03. The highest BCUT2D eigenvalue weighted by Crippen LogP contribution is 2.30. The van der Waals surface area contributed by atoms with Crippen molar-refractivity contribution in [3.05, 3.63) is 16.2 Å². The average Bonchev–Trinajstić information content (AvgIpc) is 2.38. The summed E-state index contributed by atoms with van der Waals surface area (Å²) in [4.78, 5) is 9.31. The number of aromatic nitrogens is 1. The fourth-order valence-corrected chi connectivity index (χ4v) is 2.88. The molecule has 2 rings (SSSR count). The van der Waals surface area contributed by atoms with Crippen LogP contribution in [-0.4, -0.2) is 42.6 Å². The first kappa shape index (κ1) is 13.6. The monoisotopic (exact) mass is 312 g/mol. The molecule has 0 bridgehead atoms. The maximum atomic E-state index is 5.86. The number of halogens is 1. The number of hydrogen-bond donors (Lipinski definition) is 1. The lowest BCUT2D eigenvalue weighted by atomic mass is 10.2. The molecule has 1 aliphatic heterocycles. The number of pyridine rings is 1. The lowest BCUT2D eigenvalue weighted by Gasteiger charge is -2.35. The van der Waals surface area contributed by atoms with E-state index < -0.39 is 0 Å². The predicted octanol–water partition coefficient (Wildman–Crippen LogP) is 2.27. The van der Waals surface area contributed by atoms with Gasteiger partial charge in [0.2, 0.25) is 0 Å². The lowest BCUT2D eigenvalue weighted by molar-refractivity contribution is 0.258. The molecule has 0 atom stereocenters. The van der Waals surface area contributed by atoms with Crippen LogP contribution >= 0.6 is 15.9 Å². The van der Waals surface area contributed by atoms with Gasteiger partial charge in [0.1, 0.15) is 5.82 Å². The van der Waals surface area contributed by atoms with Gasteiger partial charge in [-0.25, -0.2) is 4.98 Å². The standard InChI is InChI=1S/C13H21BrN4/c1-3-4-17-5-7-18(8-6-17)13-12(14)10(2)11(15)9-16-13/h9H,3-8,15H2,1-2H3. The minimum Gasteiger partial charge on any atom is -0.397 e. The van der Waals surface area contributed by atoms with Crippen LogP contribution in [0.3, 0.4) is 0 Å². The summed E-state index contributed by atoms with van der Waals surface area (Å²) in [5.74, 6) is 1.03. The Morgan fingerprint density at radius 1 is 1.33 bits per heavy atom. The Morgan fingerprint density at radius 2 is 2.00 bits per heavy atom. The van der Waals surface area contributed by atoms with E-state index in [0.717, 1.165) is 47.7 Å². The Balaban J connectivity index is 2.08. The van der Waals surface area contributed by atoms with E-state index in [1.807, 2.05) is 6.92 Å². The summed E-state index contributed by atoms with van der Waals surface area (Å²) in [7, 11) is 0. The fourth-order valence-electron chi connectivity index (χ4n) is 2.30. The molecular weight excluding hydrogens is 292 g/mol. The Bertz CT molecular complexity index is 414. The first-order chi connectivity index (χ1) is 8.63. The first-order valence-corrected chi connectivity index (χ1v) is 7.30. The summed E-state index contributed by atoms with van der Waals surface area (Å²) in [5, 5.41) is 0. The van der Waals surface area contributed by atoms with Crippen LogP contribution in [0.1, 0.15) is 18.9 Å². The average molecular weight is 313 g/mol. The maximum Gasteiger partial charge on any atom is 0.143 e. The fraction of sp³-hybridized carbons (Fsp3) is 0.615. The van der Waals surface area contributed by atoms with Crippen LogP contribution in [-0.2, 0) is 0 Å². The molecule has 1 saturated heterocycles. The molecule has 0 radical (unpaired) electrons. The highest BCUT2D eigenvalue weighted by molar-refractivity contribution is 9.10. The molecule has 0 spiro atoms. The predicted molar refractivity (Wildman–Crippen MR) is 80.0 cm³/mol. The molecule has 4 nitrogen and oxygen atoms in total. The topological polar surface area (TPSA) is 45.4 Å². The van der Waals surface area contributed by atoms with Gasteiger partial charge in [-0.05, 0) is 41.4 Å². The molecule has 0 aliphatic carbocycles. The molecule has 0 unspecified atom stereocenters. The second-order valence-corrected chi connectivity index (χ2v) is 5.60. The van der Waals surface area contributed by atoms with Gasteiger partial charge in [-0.3, -0.25) is 4.90 Å². The third kappa shape index (κ3) is 2.78. The number of nitrogens with two attached hydrogens (primary N) is 1. The van der Waals surface area contributed by atoms with Gasteiger partial charge in [0, 0.05) is 26.2 Å². The molecule has 0 amide bonds. The van der Waals surface area contributed by atoms with Crippen LogP contribution in [0.15, 0.2) is 10.7 Å². The third-order valence-electron chi connectivity index (χ3n) is 3.50. The summed E-state index contributed by atoms with van der Waals surface area (Å²) in [5.41, 5.74) is 7.69. The minimum absolute atomic E-state index is 0.746. The summed E-state index contributed by atoms with van der Waals surface area (Å²) in [6.45, 7) is 9.76. The zero-order valence-corrected chi connectivity index (χ0v) is 12.7. The third-order valence-corrected chi connectivity index (χ3v) is 4.45. The number of hydrogen-bond acceptors (Lipinski definition) is 4. The van der Waals surface area contributed by atoms with E-state index in [0.29, 0.717) is 0 Å². The van der Waals surface area contributed by atoms with Crippen molar-refractivity contribution < 1.29 is 0 Å². The van der Waals surface area contributed by atoms with Crippen molar-refractivity contribution in [3.8, 4) is 0 Å². The summed E-state index contributed by atoms with van der Waals surface area (Å²) in [6, 6.07) is 0. The molecule has 1 aromatic rings. The summed E-state index contributed by atoms with van der Waals surface area (Å²) >= 11 is 3.61. The maximum absolute atomic E-state index is 5.86. The Kier molecular flexibility index (Phi) is 4.45. The van der Waals surface area contributed by atoms with Crippen LogP contribution in [0, 0.1) is 6.92 Å². The van der Waals surface area contributed by atoms with Gasteiger partial charge in [0.05, 0.1) is 16.4 Å². The van der Waals surface area contributed by atoms with Crippen molar-refractivity contribution in [2.75, 3.05) is 43.4 Å². The highest BCUT2D eigenvalue weighted by Gasteiger charge is 2.20. The second kappa shape index (κ2) is 5.89. The molecule has 0 saturated carbocycles. The zero-order valence-electron chi connectivity index (χ0n) is 11.1. The molecule has 5 heteroatoms. The number of nitrogens with zero attached hydrogens (tertiary/aromatic N) is 3. The second-order valence-electron chi connectivity index (χ2n) is 4.80. The molecule has 1 aromatic heterocycles. The molecule has 2 N–H and O–H groups in total. The van der Waals surface area contributed by atoms with Crippen molar-refractivity contribution in [2.24, 2.45) is 0 Å². The highest BCUT2D eigenvalue weighted by atomic mass is 79.9. The molecule has 18 heavy (non-hydrogen) atoms.